The van der Waals surface area contributed by atoms with Crippen LogP contribution in [0, 0.1) is 6.92 Å². The summed E-state index contributed by atoms with van der Waals surface area (Å²) < 4.78 is 5.78. The first kappa shape index (κ1) is 14.5. The third-order valence-corrected chi connectivity index (χ3v) is 4.90. The van der Waals surface area contributed by atoms with E-state index in [0.717, 1.165) is 30.5 Å². The van der Waals surface area contributed by atoms with Gasteiger partial charge in [0, 0.05) is 12.1 Å². The molecule has 5 heteroatoms. The molecule has 1 aliphatic carbocycles. The van der Waals surface area contributed by atoms with E-state index >= 15 is 0 Å². The molecule has 5 nitrogen and oxygen atoms in total. The second-order valence-corrected chi connectivity index (χ2v) is 6.44. The Labute approximate surface area is 135 Å². The van der Waals surface area contributed by atoms with E-state index in [1.54, 1.807) is 0 Å². The highest BCUT2D eigenvalue weighted by Crippen LogP contribution is 2.30. The first-order valence-electron chi connectivity index (χ1n) is 8.27. The van der Waals surface area contributed by atoms with E-state index in [1.807, 2.05) is 23.1 Å². The van der Waals surface area contributed by atoms with Gasteiger partial charge in [-0.15, -0.1) is 0 Å². The minimum absolute atomic E-state index is 0.0380. The molecule has 2 aliphatic rings. The Morgan fingerprint density at radius 1 is 1.30 bits per heavy atom. The van der Waals surface area contributed by atoms with Gasteiger partial charge < -0.3 is 9.64 Å². The van der Waals surface area contributed by atoms with E-state index in [4.69, 9.17) is 4.74 Å². The molecule has 0 bridgehead atoms. The molecular formula is C18H21N3O2. The minimum Gasteiger partial charge on any atom is -0.374 e. The number of ether oxygens (including phenoxy) is 1. The van der Waals surface area contributed by atoms with Crippen LogP contribution in [0.2, 0.25) is 0 Å². The number of rotatable bonds is 2. The Balaban J connectivity index is 1.56. The maximum atomic E-state index is 12.8. The van der Waals surface area contributed by atoms with Crippen LogP contribution in [0.15, 0.2) is 30.3 Å². The van der Waals surface area contributed by atoms with Gasteiger partial charge in [0.1, 0.15) is 5.69 Å². The fourth-order valence-corrected chi connectivity index (χ4v) is 3.64. The summed E-state index contributed by atoms with van der Waals surface area (Å²) in [6.07, 6.45) is 3.45. The zero-order chi connectivity index (χ0) is 15.8. The number of fused-ring (bicyclic) bond motifs is 1. The molecule has 0 spiro atoms. The number of hydrogen-bond acceptors (Lipinski definition) is 3. The van der Waals surface area contributed by atoms with E-state index < -0.39 is 0 Å². The SMILES string of the molecule is Cc1ccc(-c2cc(C(=O)N3CCO[C@H]4CCC[C@@H]43)[nH]n2)cc1. The summed E-state index contributed by atoms with van der Waals surface area (Å²) in [6.45, 7) is 3.35. The Hall–Kier alpha value is -2.14. The largest absolute Gasteiger partial charge is 0.374 e. The van der Waals surface area contributed by atoms with Crippen LogP contribution >= 0.6 is 0 Å². The lowest BCUT2D eigenvalue weighted by atomic mass is 10.1. The zero-order valence-corrected chi connectivity index (χ0v) is 13.3. The molecule has 2 fully saturated rings. The second kappa shape index (κ2) is 5.81. The summed E-state index contributed by atoms with van der Waals surface area (Å²) in [7, 11) is 0. The predicted octanol–water partition coefficient (Wildman–Crippen LogP) is 2.78. The number of amides is 1. The Kier molecular flexibility index (Phi) is 3.65. The molecule has 1 aromatic heterocycles. The van der Waals surface area contributed by atoms with Crippen LogP contribution in [0.1, 0.15) is 35.3 Å². The van der Waals surface area contributed by atoms with Crippen molar-refractivity contribution < 1.29 is 9.53 Å². The Morgan fingerprint density at radius 2 is 2.13 bits per heavy atom. The van der Waals surface area contributed by atoms with Crippen LogP contribution in [0.5, 0.6) is 0 Å². The van der Waals surface area contributed by atoms with Crippen molar-refractivity contribution in [2.24, 2.45) is 0 Å². The van der Waals surface area contributed by atoms with Gasteiger partial charge in [0.2, 0.25) is 0 Å². The maximum absolute atomic E-state index is 12.8. The van der Waals surface area contributed by atoms with E-state index in [1.165, 1.54) is 5.56 Å². The van der Waals surface area contributed by atoms with Gasteiger partial charge in [-0.05, 0) is 32.3 Å². The van der Waals surface area contributed by atoms with E-state index in [2.05, 4.69) is 29.3 Å². The number of nitrogens with one attached hydrogen (secondary N) is 1. The van der Waals surface area contributed by atoms with Gasteiger partial charge in [-0.3, -0.25) is 9.89 Å². The van der Waals surface area contributed by atoms with Gasteiger partial charge in [-0.2, -0.15) is 5.10 Å². The molecule has 1 saturated carbocycles. The van der Waals surface area contributed by atoms with Crippen molar-refractivity contribution in [1.29, 1.82) is 0 Å². The number of aryl methyl sites for hydroxylation is 1. The van der Waals surface area contributed by atoms with Gasteiger partial charge in [-0.25, -0.2) is 0 Å². The summed E-state index contributed by atoms with van der Waals surface area (Å²) in [5, 5.41) is 7.23. The zero-order valence-electron chi connectivity index (χ0n) is 13.3. The monoisotopic (exact) mass is 311 g/mol. The van der Waals surface area contributed by atoms with Gasteiger partial charge in [0.05, 0.1) is 24.4 Å². The highest BCUT2D eigenvalue weighted by Gasteiger charge is 2.39. The standard InChI is InChI=1S/C18H21N3O2/c1-12-5-7-13(8-6-12)14-11-15(20-19-14)18(22)21-9-10-23-17-4-2-3-16(17)21/h5-8,11,16-17H,2-4,9-10H2,1H3,(H,19,20)/t16-,17-/m0/s1. The number of hydrogen-bond donors (Lipinski definition) is 1. The number of nitrogens with zero attached hydrogens (tertiary/aromatic N) is 2. The molecule has 2 heterocycles. The van der Waals surface area contributed by atoms with Crippen LogP contribution in [-0.4, -0.2) is 46.3 Å². The van der Waals surface area contributed by atoms with Gasteiger partial charge in [0.15, 0.2) is 0 Å². The summed E-state index contributed by atoms with van der Waals surface area (Å²) in [6, 6.07) is 10.2. The molecular weight excluding hydrogens is 290 g/mol. The molecule has 4 rings (SSSR count). The Morgan fingerprint density at radius 3 is 2.96 bits per heavy atom. The number of aromatic nitrogens is 2. The number of aromatic amines is 1. The number of benzene rings is 1. The number of carbonyl (C=O) groups is 1. The molecule has 2 atom stereocenters. The van der Waals surface area contributed by atoms with Gasteiger partial charge in [-0.1, -0.05) is 29.8 Å². The fraction of sp³-hybridized carbons (Fsp3) is 0.444. The molecule has 1 amide bonds. The molecule has 0 unspecified atom stereocenters. The number of H-pyrrole nitrogens is 1. The van der Waals surface area contributed by atoms with Crippen LogP contribution in [0.4, 0.5) is 0 Å². The molecule has 1 saturated heterocycles. The van der Waals surface area contributed by atoms with Gasteiger partial charge >= 0.3 is 0 Å². The highest BCUT2D eigenvalue weighted by atomic mass is 16.5. The van der Waals surface area contributed by atoms with Gasteiger partial charge in [0.25, 0.3) is 5.91 Å². The molecule has 1 aromatic carbocycles. The summed E-state index contributed by atoms with van der Waals surface area (Å²) in [5.74, 6) is 0.0380. The van der Waals surface area contributed by atoms with Crippen molar-refractivity contribution in [2.75, 3.05) is 13.2 Å². The van der Waals surface area contributed by atoms with Crippen molar-refractivity contribution >= 4 is 5.91 Å². The molecule has 1 N–H and O–H groups in total. The summed E-state index contributed by atoms with van der Waals surface area (Å²) in [4.78, 5) is 14.8. The van der Waals surface area contributed by atoms with Crippen LogP contribution in [0.25, 0.3) is 11.3 Å². The van der Waals surface area contributed by atoms with Crippen molar-refractivity contribution in [2.45, 2.75) is 38.3 Å². The minimum atomic E-state index is 0.0380. The third kappa shape index (κ3) is 2.65. The van der Waals surface area contributed by atoms with Crippen LogP contribution in [0.3, 0.4) is 0 Å². The van der Waals surface area contributed by atoms with Crippen molar-refractivity contribution in [3.63, 3.8) is 0 Å². The van der Waals surface area contributed by atoms with E-state index in [9.17, 15) is 4.79 Å². The van der Waals surface area contributed by atoms with Crippen LogP contribution in [-0.2, 0) is 4.74 Å². The number of carbonyl (C=O) groups excluding carboxylic acids is 1. The van der Waals surface area contributed by atoms with E-state index in [-0.39, 0.29) is 18.1 Å². The third-order valence-electron chi connectivity index (χ3n) is 4.90. The first-order chi connectivity index (χ1) is 11.2. The average molecular weight is 311 g/mol. The second-order valence-electron chi connectivity index (χ2n) is 6.44. The fourth-order valence-electron chi connectivity index (χ4n) is 3.64. The smallest absolute Gasteiger partial charge is 0.272 e. The lowest BCUT2D eigenvalue weighted by Gasteiger charge is -2.37. The highest BCUT2D eigenvalue weighted by molar-refractivity contribution is 5.93. The number of morpholine rings is 1. The lowest BCUT2D eigenvalue weighted by molar-refractivity contribution is -0.0447. The lowest BCUT2D eigenvalue weighted by Crippen LogP contribution is -2.51. The molecule has 23 heavy (non-hydrogen) atoms. The Bertz CT molecular complexity index is 707. The van der Waals surface area contributed by atoms with Crippen molar-refractivity contribution in [3.05, 3.63) is 41.6 Å². The molecule has 2 aromatic rings. The molecule has 0 radical (unpaired) electrons. The quantitative estimate of drug-likeness (QED) is 0.928. The van der Waals surface area contributed by atoms with Crippen molar-refractivity contribution in [3.8, 4) is 11.3 Å². The molecule has 1 aliphatic heterocycles. The predicted molar refractivity (Wildman–Crippen MR) is 87.2 cm³/mol. The van der Waals surface area contributed by atoms with Crippen LogP contribution < -0.4 is 0 Å². The normalized spacial score (nSPS) is 23.8. The van der Waals surface area contributed by atoms with E-state index in [0.29, 0.717) is 18.8 Å². The summed E-state index contributed by atoms with van der Waals surface area (Å²) in [5.41, 5.74) is 3.60. The molecule has 120 valence electrons. The maximum Gasteiger partial charge on any atom is 0.272 e. The first-order valence-corrected chi connectivity index (χ1v) is 8.27. The van der Waals surface area contributed by atoms with Crippen molar-refractivity contribution in [1.82, 2.24) is 15.1 Å². The average Bonchev–Trinajstić information content (AvgIpc) is 3.23. The topological polar surface area (TPSA) is 58.2 Å². The summed E-state index contributed by atoms with van der Waals surface area (Å²) >= 11 is 0.